The fourth-order valence-corrected chi connectivity index (χ4v) is 1.79. The lowest BCUT2D eigenvalue weighted by atomic mass is 9.95. The number of carboxylic acids is 1. The topological polar surface area (TPSA) is 37.3 Å². The number of hydrogen-bond acceptors (Lipinski definition) is 1. The summed E-state index contributed by atoms with van der Waals surface area (Å²) < 4.78 is 13.7. The fourth-order valence-electron chi connectivity index (χ4n) is 1.55. The van der Waals surface area contributed by atoms with Crippen LogP contribution in [-0.4, -0.2) is 11.1 Å². The molecular formula is C12H14BrFO2. The van der Waals surface area contributed by atoms with Crippen molar-refractivity contribution in [3.63, 3.8) is 0 Å². The molecule has 2 nitrogen and oxygen atoms in total. The summed E-state index contributed by atoms with van der Waals surface area (Å²) in [4.78, 5) is 10.3. The lowest BCUT2D eigenvalue weighted by Crippen LogP contribution is -1.98. The molecular weight excluding hydrogens is 275 g/mol. The highest BCUT2D eigenvalue weighted by Crippen LogP contribution is 2.25. The maximum Gasteiger partial charge on any atom is 0.303 e. The first-order valence-corrected chi connectivity index (χ1v) is 5.96. The molecule has 0 fully saturated rings. The van der Waals surface area contributed by atoms with E-state index >= 15 is 0 Å². The molecule has 1 rings (SSSR count). The van der Waals surface area contributed by atoms with E-state index in [2.05, 4.69) is 15.9 Å². The smallest absolute Gasteiger partial charge is 0.303 e. The molecule has 1 unspecified atom stereocenters. The van der Waals surface area contributed by atoms with Crippen molar-refractivity contribution >= 4 is 21.9 Å². The van der Waals surface area contributed by atoms with E-state index in [1.54, 1.807) is 6.07 Å². The average molecular weight is 289 g/mol. The summed E-state index contributed by atoms with van der Waals surface area (Å²) in [6.45, 7) is 1.98. The summed E-state index contributed by atoms with van der Waals surface area (Å²) in [5.41, 5.74) is 0.908. The van der Waals surface area contributed by atoms with Gasteiger partial charge in [0, 0.05) is 6.42 Å². The normalized spacial score (nSPS) is 12.4. The molecule has 0 saturated heterocycles. The number of carbonyl (C=O) groups is 1. The molecule has 16 heavy (non-hydrogen) atoms. The van der Waals surface area contributed by atoms with Gasteiger partial charge in [0.1, 0.15) is 5.82 Å². The molecule has 1 N–H and O–H groups in total. The van der Waals surface area contributed by atoms with Crippen molar-refractivity contribution in [2.45, 2.75) is 32.1 Å². The number of aliphatic carboxylic acids is 1. The van der Waals surface area contributed by atoms with Crippen LogP contribution in [0.2, 0.25) is 0 Å². The van der Waals surface area contributed by atoms with Crippen LogP contribution in [0.1, 0.15) is 37.7 Å². The Labute approximate surface area is 103 Å². The largest absolute Gasteiger partial charge is 0.481 e. The van der Waals surface area contributed by atoms with E-state index < -0.39 is 5.97 Å². The summed E-state index contributed by atoms with van der Waals surface area (Å²) in [5, 5.41) is 8.51. The third kappa shape index (κ3) is 3.93. The van der Waals surface area contributed by atoms with Gasteiger partial charge in [-0.05, 0) is 52.4 Å². The summed E-state index contributed by atoms with van der Waals surface area (Å²) in [6, 6.07) is 5.03. The molecule has 88 valence electrons. The second kappa shape index (κ2) is 5.99. The molecule has 0 aromatic heterocycles. The van der Waals surface area contributed by atoms with Gasteiger partial charge in [0.25, 0.3) is 0 Å². The first kappa shape index (κ1) is 13.2. The van der Waals surface area contributed by atoms with Crippen LogP contribution in [0.25, 0.3) is 0 Å². The number of hydrogen-bond donors (Lipinski definition) is 1. The van der Waals surface area contributed by atoms with Crippen LogP contribution in [0.4, 0.5) is 4.39 Å². The van der Waals surface area contributed by atoms with Crippen LogP contribution in [0.15, 0.2) is 22.7 Å². The lowest BCUT2D eigenvalue weighted by Gasteiger charge is -2.11. The molecule has 0 bridgehead atoms. The fraction of sp³-hybridized carbons (Fsp3) is 0.417. The molecule has 0 spiro atoms. The Hall–Kier alpha value is -0.900. The van der Waals surface area contributed by atoms with E-state index in [9.17, 15) is 9.18 Å². The maximum atomic E-state index is 13.2. The highest BCUT2D eigenvalue weighted by molar-refractivity contribution is 9.10. The molecule has 0 amide bonds. The number of halogens is 2. The second-order valence-corrected chi connectivity index (χ2v) is 4.71. The van der Waals surface area contributed by atoms with Gasteiger partial charge in [-0.25, -0.2) is 4.39 Å². The average Bonchev–Trinajstić information content (AvgIpc) is 2.21. The Morgan fingerprint density at radius 3 is 2.81 bits per heavy atom. The zero-order chi connectivity index (χ0) is 12.1. The van der Waals surface area contributed by atoms with Crippen molar-refractivity contribution in [2.24, 2.45) is 0 Å². The van der Waals surface area contributed by atoms with Crippen LogP contribution in [0.3, 0.4) is 0 Å². The first-order chi connectivity index (χ1) is 7.50. The van der Waals surface area contributed by atoms with E-state index in [0.717, 1.165) is 12.0 Å². The van der Waals surface area contributed by atoms with Crippen LogP contribution in [0, 0.1) is 5.82 Å². The van der Waals surface area contributed by atoms with Crippen molar-refractivity contribution in [3.8, 4) is 0 Å². The van der Waals surface area contributed by atoms with Gasteiger partial charge in [-0.1, -0.05) is 13.0 Å². The molecule has 0 aliphatic heterocycles. The molecule has 1 aromatic rings. The minimum Gasteiger partial charge on any atom is -0.481 e. The van der Waals surface area contributed by atoms with Crippen molar-refractivity contribution in [1.82, 2.24) is 0 Å². The highest BCUT2D eigenvalue weighted by Gasteiger charge is 2.09. The van der Waals surface area contributed by atoms with Gasteiger partial charge in [-0.2, -0.15) is 0 Å². The third-order valence-electron chi connectivity index (χ3n) is 2.54. The van der Waals surface area contributed by atoms with Crippen molar-refractivity contribution in [2.75, 3.05) is 0 Å². The van der Waals surface area contributed by atoms with Crippen LogP contribution >= 0.6 is 15.9 Å². The number of rotatable bonds is 5. The first-order valence-electron chi connectivity index (χ1n) is 5.17. The molecule has 1 aromatic carbocycles. The Morgan fingerprint density at radius 2 is 2.25 bits per heavy atom. The van der Waals surface area contributed by atoms with Crippen molar-refractivity contribution < 1.29 is 14.3 Å². The Kier molecular flexibility index (Phi) is 4.93. The van der Waals surface area contributed by atoms with E-state index in [4.69, 9.17) is 5.11 Å². The number of benzene rings is 1. The monoisotopic (exact) mass is 288 g/mol. The highest BCUT2D eigenvalue weighted by atomic mass is 79.9. The van der Waals surface area contributed by atoms with Crippen LogP contribution < -0.4 is 0 Å². The molecule has 0 heterocycles. The van der Waals surface area contributed by atoms with Gasteiger partial charge in [0.15, 0.2) is 0 Å². The van der Waals surface area contributed by atoms with Crippen LogP contribution in [-0.2, 0) is 4.79 Å². The predicted octanol–water partition coefficient (Wildman–Crippen LogP) is 3.95. The minimum absolute atomic E-state index is 0.170. The zero-order valence-corrected chi connectivity index (χ0v) is 10.6. The molecule has 1 atom stereocenters. The van der Waals surface area contributed by atoms with Crippen molar-refractivity contribution in [1.29, 1.82) is 0 Å². The molecule has 0 aliphatic rings. The second-order valence-electron chi connectivity index (χ2n) is 3.86. The summed E-state index contributed by atoms with van der Waals surface area (Å²) >= 11 is 3.10. The minimum atomic E-state index is -0.783. The van der Waals surface area contributed by atoms with Gasteiger partial charge in [-0.15, -0.1) is 0 Å². The third-order valence-corrected chi connectivity index (χ3v) is 3.18. The Balaban J connectivity index is 2.55. The van der Waals surface area contributed by atoms with Gasteiger partial charge >= 0.3 is 5.97 Å². The van der Waals surface area contributed by atoms with Crippen LogP contribution in [0.5, 0.6) is 0 Å². The maximum absolute atomic E-state index is 13.2. The molecule has 0 radical (unpaired) electrons. The SMILES string of the molecule is CC(CCCC(=O)O)c1ccc(Br)c(F)c1. The standard InChI is InChI=1S/C12H14BrFO2/c1-8(3-2-4-12(15)16)9-5-6-10(13)11(14)7-9/h5-8H,2-4H2,1H3,(H,15,16). The van der Waals surface area contributed by atoms with Gasteiger partial charge < -0.3 is 5.11 Å². The van der Waals surface area contributed by atoms with E-state index in [1.165, 1.54) is 6.07 Å². The quantitative estimate of drug-likeness (QED) is 0.891. The van der Waals surface area contributed by atoms with Gasteiger partial charge in [0.2, 0.25) is 0 Å². The summed E-state index contributed by atoms with van der Waals surface area (Å²) in [6.07, 6.45) is 1.55. The molecule has 4 heteroatoms. The summed E-state index contributed by atoms with van der Waals surface area (Å²) in [5.74, 6) is -0.876. The zero-order valence-electron chi connectivity index (χ0n) is 9.04. The van der Waals surface area contributed by atoms with Gasteiger partial charge in [-0.3, -0.25) is 4.79 Å². The van der Waals surface area contributed by atoms with Gasteiger partial charge in [0.05, 0.1) is 4.47 Å². The predicted molar refractivity (Wildman–Crippen MR) is 64.0 cm³/mol. The Morgan fingerprint density at radius 1 is 1.56 bits per heavy atom. The lowest BCUT2D eigenvalue weighted by molar-refractivity contribution is -0.137. The van der Waals surface area contributed by atoms with E-state index in [-0.39, 0.29) is 18.2 Å². The van der Waals surface area contributed by atoms with E-state index in [1.807, 2.05) is 13.0 Å². The molecule has 0 saturated carbocycles. The Bertz CT molecular complexity index is 379. The number of carboxylic acid groups (broad SMARTS) is 1. The van der Waals surface area contributed by atoms with Crippen molar-refractivity contribution in [3.05, 3.63) is 34.1 Å². The molecule has 0 aliphatic carbocycles. The van der Waals surface area contributed by atoms with E-state index in [0.29, 0.717) is 10.9 Å². The summed E-state index contributed by atoms with van der Waals surface area (Å²) in [7, 11) is 0.